The van der Waals surface area contributed by atoms with Crippen molar-refractivity contribution in [3.05, 3.63) is 101 Å². The zero-order valence-corrected chi connectivity index (χ0v) is 62.4. The number of likely N-dealkylation sites (tertiary alicyclic amines) is 3. The minimum absolute atomic E-state index is 0.0468. The first-order valence-corrected chi connectivity index (χ1v) is 39.5. The van der Waals surface area contributed by atoms with Gasteiger partial charge in [-0.3, -0.25) is 52.5 Å². The number of Topliss-reactive ketones (excluding diaryl/α,β-unsaturated/α-hetero) is 2. The van der Waals surface area contributed by atoms with Crippen molar-refractivity contribution in [2.24, 2.45) is 28.1 Å². The summed E-state index contributed by atoms with van der Waals surface area (Å²) in [6.45, 7) is 13.9. The topological polar surface area (TPSA) is 399 Å². The molecule has 29 heteroatoms. The number of ketones is 2. The van der Waals surface area contributed by atoms with E-state index >= 15 is 0 Å². The molecule has 7 rings (SSSR count). The van der Waals surface area contributed by atoms with Crippen LogP contribution in [0.4, 0.5) is 11.4 Å². The molecule has 5 heterocycles. The Balaban J connectivity index is 0.810. The lowest BCUT2D eigenvalue weighted by atomic mass is 9.79. The van der Waals surface area contributed by atoms with Crippen LogP contribution < -0.4 is 37.6 Å². The number of rotatable bonds is 40. The number of fused-ring (bicyclic) bond motifs is 2. The number of hydrogen-bond acceptors (Lipinski definition) is 17. The first-order chi connectivity index (χ1) is 48.8. The van der Waals surface area contributed by atoms with Gasteiger partial charge in [0.05, 0.1) is 29.2 Å². The Labute approximate surface area is 607 Å². The lowest BCUT2D eigenvalue weighted by Crippen LogP contribution is -2.58. The molecular formula is C74H110N12O15S2. The molecule has 0 saturated carbocycles. The number of aliphatic carboxylic acids is 1. The molecule has 568 valence electrons. The molecular weight excluding hydrogens is 1360 g/mol. The van der Waals surface area contributed by atoms with Gasteiger partial charge in [-0.05, 0) is 151 Å². The quantitative estimate of drug-likeness (QED) is 0.0121. The lowest BCUT2D eigenvalue weighted by molar-refractivity contribution is -0.148. The number of aliphatic imine (C=N–C) groups is 1. The second-order valence-electron chi connectivity index (χ2n) is 29.0. The van der Waals surface area contributed by atoms with Crippen molar-refractivity contribution >= 4 is 84.6 Å². The van der Waals surface area contributed by atoms with Gasteiger partial charge >= 0.3 is 5.97 Å². The fraction of sp³-hybridized carbons (Fsp3) is 0.608. The van der Waals surface area contributed by atoms with E-state index in [9.17, 15) is 69.4 Å². The fourth-order valence-corrected chi connectivity index (χ4v) is 16.2. The number of guanidine groups is 1. The van der Waals surface area contributed by atoms with E-state index in [1.54, 1.807) is 12.1 Å². The molecule has 0 aromatic heterocycles. The minimum atomic E-state index is -4.38. The Kier molecular flexibility index (Phi) is 30.2. The van der Waals surface area contributed by atoms with Crippen LogP contribution in [-0.4, -0.2) is 206 Å². The van der Waals surface area contributed by atoms with E-state index in [-0.39, 0.29) is 111 Å². The number of benzene rings is 2. The molecule has 27 nitrogen and oxygen atoms in total. The summed E-state index contributed by atoms with van der Waals surface area (Å²) in [5.74, 6) is -4.67. The van der Waals surface area contributed by atoms with Gasteiger partial charge in [-0.15, -0.1) is 0 Å². The van der Waals surface area contributed by atoms with E-state index in [2.05, 4.69) is 75.4 Å². The first-order valence-electron chi connectivity index (χ1n) is 36.4. The summed E-state index contributed by atoms with van der Waals surface area (Å²) < 4.78 is 67.0. The van der Waals surface area contributed by atoms with Crippen LogP contribution in [0.25, 0.3) is 0 Å². The van der Waals surface area contributed by atoms with Gasteiger partial charge in [0.2, 0.25) is 29.5 Å². The zero-order valence-electron chi connectivity index (χ0n) is 60.8. The van der Waals surface area contributed by atoms with E-state index in [1.165, 1.54) is 20.8 Å². The standard InChI is InChI=1S/C74H110N12O15S2/c1-7-39-82-60-36-34-55(103(99,100)101)48-57(60)74(4,5)64(82)31-14-9-8-10-15-32-65-73(2,3)56-46-51(33-35-59(56)83(65)44-22-45-102(96,97)98)50-81(6)40-18-26-53(87)24-13-11-12-23-52(71(94)95)47-54(88)25-16-37-78-67(90)61-28-20-42-85(61)70(93)63-30-21-43-86(63)69(92)58(27-17-38-79-72(76)77)80-68(91)62-29-19-41-84(62)66(89)49-75/h8-10,14-15,31-36,46,48,52,58,61-63,65H,7,11-13,16-30,37-45,47,49-50,75H2,1-6H3,(H,78,90)(H,80,91)(H,94,95)(H4,76,77,79)(H,96,97,98)(H,99,100,101)/b10-8+,14-9+,32-15+,64-31+/t52-,58+,61+,62+,63+,65?/m1/s1. The average molecular weight is 1470 g/mol. The van der Waals surface area contributed by atoms with Crippen molar-refractivity contribution in [3.8, 4) is 0 Å². The smallest absolute Gasteiger partial charge is 0.306 e. The SMILES string of the molecule is CCCN1/C(=C/C=C/C=C/C=C/C2N(CCCS(=O)(=O)O)c3ccc(CN(C)CCCC(=O)CCCCC[C@H](CC(=O)CCCNC(=O)[C@@H]4CCCN4C(=O)[C@@H]4CCCN4C(=O)[C@H](CCCN=C(N)N)NC(=O)[C@@H]4CCCN4C(=O)CN)C(=O)O)cc3C2(C)C)C(C)(C)c2cc(S(=O)(=O)O)ccc21. The maximum Gasteiger partial charge on any atom is 0.306 e. The molecule has 0 spiro atoms. The summed E-state index contributed by atoms with van der Waals surface area (Å²) in [6.07, 6.45) is 21.8. The molecule has 2 aromatic carbocycles. The second kappa shape index (κ2) is 37.7. The van der Waals surface area contributed by atoms with Crippen molar-refractivity contribution in [2.75, 3.05) is 81.5 Å². The molecule has 11 N–H and O–H groups in total. The number of carboxylic acids is 1. The lowest BCUT2D eigenvalue weighted by Gasteiger charge is -2.33. The Bertz CT molecular complexity index is 3760. The Hall–Kier alpha value is -7.83. The molecule has 2 aromatic rings. The summed E-state index contributed by atoms with van der Waals surface area (Å²) in [5, 5.41) is 15.7. The molecule has 3 saturated heterocycles. The monoisotopic (exact) mass is 1470 g/mol. The van der Waals surface area contributed by atoms with Crippen LogP contribution in [0.2, 0.25) is 0 Å². The highest BCUT2D eigenvalue weighted by molar-refractivity contribution is 7.86. The number of carbonyl (C=O) groups excluding carboxylic acids is 7. The predicted molar refractivity (Wildman–Crippen MR) is 396 cm³/mol. The summed E-state index contributed by atoms with van der Waals surface area (Å²) in [5.41, 5.74) is 21.6. The second-order valence-corrected chi connectivity index (χ2v) is 32.0. The Morgan fingerprint density at radius 1 is 0.718 bits per heavy atom. The third-order valence-electron chi connectivity index (χ3n) is 20.5. The summed E-state index contributed by atoms with van der Waals surface area (Å²) >= 11 is 0. The third kappa shape index (κ3) is 22.6. The number of unbranched alkanes of at least 4 members (excludes halogenated alkanes) is 2. The van der Waals surface area contributed by atoms with E-state index in [0.29, 0.717) is 116 Å². The van der Waals surface area contributed by atoms with E-state index in [0.717, 1.165) is 46.7 Å². The van der Waals surface area contributed by atoms with E-state index < -0.39 is 84.8 Å². The maximum absolute atomic E-state index is 14.3. The van der Waals surface area contributed by atoms with Crippen LogP contribution in [0.5, 0.6) is 0 Å². The van der Waals surface area contributed by atoms with Crippen molar-refractivity contribution in [2.45, 2.75) is 216 Å². The number of hydrogen-bond donors (Lipinski definition) is 8. The van der Waals surface area contributed by atoms with Crippen molar-refractivity contribution < 1.29 is 69.4 Å². The molecule has 1 unspecified atom stereocenters. The van der Waals surface area contributed by atoms with Gasteiger partial charge in [-0.2, -0.15) is 16.8 Å². The van der Waals surface area contributed by atoms with Crippen LogP contribution >= 0.6 is 0 Å². The van der Waals surface area contributed by atoms with Crippen molar-refractivity contribution in [3.63, 3.8) is 0 Å². The van der Waals surface area contributed by atoms with Crippen LogP contribution in [-0.2, 0) is 76.0 Å². The number of anilines is 2. The van der Waals surface area contributed by atoms with Gasteiger partial charge < -0.3 is 62.3 Å². The molecule has 5 aliphatic heterocycles. The van der Waals surface area contributed by atoms with Crippen LogP contribution in [0.3, 0.4) is 0 Å². The zero-order chi connectivity index (χ0) is 75.4. The van der Waals surface area contributed by atoms with E-state index in [4.69, 9.17) is 17.2 Å². The van der Waals surface area contributed by atoms with Gasteiger partial charge in [0.15, 0.2) is 5.96 Å². The fourth-order valence-electron chi connectivity index (χ4n) is 15.2. The highest BCUT2D eigenvalue weighted by Crippen LogP contribution is 2.49. The number of allylic oxidation sites excluding steroid dienone is 7. The molecule has 6 atom stereocenters. The highest BCUT2D eigenvalue weighted by Gasteiger charge is 2.46. The normalized spacial score (nSPS) is 20.4. The van der Waals surface area contributed by atoms with Crippen molar-refractivity contribution in [1.29, 1.82) is 0 Å². The Morgan fingerprint density at radius 3 is 2.05 bits per heavy atom. The molecule has 103 heavy (non-hydrogen) atoms. The number of nitrogens with zero attached hydrogens (tertiary/aromatic N) is 7. The summed E-state index contributed by atoms with van der Waals surface area (Å²) in [6, 6.07) is 7.39. The predicted octanol–water partition coefficient (Wildman–Crippen LogP) is 6.20. The third-order valence-corrected chi connectivity index (χ3v) is 22.2. The summed E-state index contributed by atoms with van der Waals surface area (Å²) in [4.78, 5) is 121. The van der Waals surface area contributed by atoms with Crippen LogP contribution in [0, 0.1) is 5.92 Å². The average Bonchev–Trinajstić information content (AvgIpc) is 1.60. The van der Waals surface area contributed by atoms with Crippen molar-refractivity contribution in [1.82, 2.24) is 30.2 Å². The van der Waals surface area contributed by atoms with E-state index in [1.807, 2.05) is 57.4 Å². The molecule has 3 fully saturated rings. The van der Waals surface area contributed by atoms with Gasteiger partial charge in [-0.25, -0.2) is 0 Å². The first kappa shape index (κ1) is 82.5. The van der Waals surface area contributed by atoms with Crippen LogP contribution in [0.1, 0.15) is 180 Å². The maximum atomic E-state index is 14.3. The highest BCUT2D eigenvalue weighted by atomic mass is 32.2. The number of nitrogens with one attached hydrogen (secondary N) is 2. The number of amides is 5. The van der Waals surface area contributed by atoms with Gasteiger partial charge in [0, 0.05) is 106 Å². The number of carboxylic acid groups (broad SMARTS) is 1. The minimum Gasteiger partial charge on any atom is -0.481 e. The van der Waals surface area contributed by atoms with Gasteiger partial charge in [0.1, 0.15) is 35.7 Å². The summed E-state index contributed by atoms with van der Waals surface area (Å²) in [7, 11) is -6.54. The number of nitrogens with two attached hydrogens (primary N) is 3. The molecule has 0 bridgehead atoms. The molecule has 0 aliphatic carbocycles. The largest absolute Gasteiger partial charge is 0.481 e. The Morgan fingerprint density at radius 2 is 1.37 bits per heavy atom. The molecule has 5 amide bonds. The number of carbonyl (C=O) groups is 8. The van der Waals surface area contributed by atoms with Gasteiger partial charge in [0.25, 0.3) is 20.2 Å². The van der Waals surface area contributed by atoms with Gasteiger partial charge in [-0.1, -0.05) is 96.0 Å². The molecule has 5 aliphatic rings. The van der Waals surface area contributed by atoms with Crippen LogP contribution in [0.15, 0.2) is 94.5 Å². The molecule has 0 radical (unpaired) electrons.